The summed E-state index contributed by atoms with van der Waals surface area (Å²) in [5.74, 6) is -0.470. The lowest BCUT2D eigenvalue weighted by molar-refractivity contribution is 0.0605. The van der Waals surface area contributed by atoms with Crippen LogP contribution >= 0.6 is 27.3 Å². The Morgan fingerprint density at radius 1 is 1.22 bits per heavy atom. The van der Waals surface area contributed by atoms with Crippen LogP contribution in [0.15, 0.2) is 56.1 Å². The maximum atomic E-state index is 13.8. The predicted molar refractivity (Wildman–Crippen MR) is 144 cm³/mol. The Hall–Kier alpha value is -3.50. The number of carbonyl (C=O) groups is 2. The van der Waals surface area contributed by atoms with Gasteiger partial charge in [0.1, 0.15) is 16.2 Å². The van der Waals surface area contributed by atoms with Crippen LogP contribution in [0.5, 0.6) is 5.75 Å². The van der Waals surface area contributed by atoms with Crippen LogP contribution in [0.25, 0.3) is 11.0 Å². The number of thiazole rings is 1. The lowest BCUT2D eigenvalue weighted by Gasteiger charge is -2.23. The van der Waals surface area contributed by atoms with E-state index in [1.54, 1.807) is 25.1 Å². The number of carbonyl (C=O) groups excluding carboxylic acids is 2. The van der Waals surface area contributed by atoms with E-state index in [9.17, 15) is 14.4 Å². The number of amides is 1. The van der Waals surface area contributed by atoms with E-state index in [4.69, 9.17) is 13.9 Å². The number of esters is 1. The van der Waals surface area contributed by atoms with Gasteiger partial charge in [0.25, 0.3) is 5.91 Å². The van der Waals surface area contributed by atoms with E-state index in [0.29, 0.717) is 34.6 Å². The molecule has 190 valence electrons. The van der Waals surface area contributed by atoms with E-state index >= 15 is 0 Å². The summed E-state index contributed by atoms with van der Waals surface area (Å²) in [7, 11) is 1.29. The molecule has 0 radical (unpaired) electrons. The van der Waals surface area contributed by atoms with Gasteiger partial charge in [0.15, 0.2) is 10.6 Å². The molecule has 0 aliphatic carbocycles. The average molecular weight is 583 g/mol. The third-order valence-corrected chi connectivity index (χ3v) is 7.76. The first-order valence-electron chi connectivity index (χ1n) is 11.7. The Bertz CT molecular complexity index is 1590. The van der Waals surface area contributed by atoms with Gasteiger partial charge >= 0.3 is 5.97 Å². The molecular weight excluding hydrogens is 560 g/mol. The van der Waals surface area contributed by atoms with Crippen molar-refractivity contribution in [2.24, 2.45) is 0 Å². The molecule has 1 aliphatic rings. The van der Waals surface area contributed by atoms with Gasteiger partial charge in [0.05, 0.1) is 36.4 Å². The van der Waals surface area contributed by atoms with Crippen LogP contribution in [0.2, 0.25) is 0 Å². The van der Waals surface area contributed by atoms with Crippen LogP contribution in [-0.4, -0.2) is 30.6 Å². The molecule has 0 bridgehead atoms. The van der Waals surface area contributed by atoms with Gasteiger partial charge in [-0.05, 0) is 49.2 Å². The summed E-state index contributed by atoms with van der Waals surface area (Å²) >= 11 is 4.44. The van der Waals surface area contributed by atoms with Crippen molar-refractivity contribution < 1.29 is 23.5 Å². The summed E-state index contributed by atoms with van der Waals surface area (Å²) in [4.78, 5) is 46.1. The summed E-state index contributed by atoms with van der Waals surface area (Å²) in [6, 6.07) is 11.6. The summed E-state index contributed by atoms with van der Waals surface area (Å²) in [5, 5.41) is 0.620. The van der Waals surface area contributed by atoms with Crippen LogP contribution in [0.4, 0.5) is 5.13 Å². The molecule has 5 rings (SSSR count). The van der Waals surface area contributed by atoms with Crippen LogP contribution in [0.1, 0.15) is 62.9 Å². The summed E-state index contributed by atoms with van der Waals surface area (Å²) in [6.45, 7) is 4.31. The Labute approximate surface area is 225 Å². The topological polar surface area (TPSA) is 98.9 Å². The smallest absolute Gasteiger partial charge is 0.350 e. The van der Waals surface area contributed by atoms with Crippen molar-refractivity contribution in [3.8, 4) is 5.75 Å². The van der Waals surface area contributed by atoms with Crippen LogP contribution in [-0.2, 0) is 4.74 Å². The quantitative estimate of drug-likeness (QED) is 0.193. The highest BCUT2D eigenvalue weighted by Crippen LogP contribution is 2.43. The maximum absolute atomic E-state index is 13.8. The fraction of sp³-hybridized carbons (Fsp3) is 0.259. The minimum Gasteiger partial charge on any atom is -0.494 e. The number of aryl methyl sites for hydroxylation is 1. The number of nitrogens with zero attached hydrogens (tertiary/aromatic N) is 2. The molecule has 0 saturated carbocycles. The van der Waals surface area contributed by atoms with Crippen molar-refractivity contribution >= 4 is 55.2 Å². The van der Waals surface area contributed by atoms with E-state index in [-0.39, 0.29) is 26.8 Å². The second-order valence-corrected chi connectivity index (χ2v) is 10.5. The number of methoxy groups -OCH3 is 1. The van der Waals surface area contributed by atoms with Gasteiger partial charge in [0.2, 0.25) is 5.76 Å². The number of ether oxygens (including phenoxy) is 2. The zero-order valence-electron chi connectivity index (χ0n) is 20.4. The first-order chi connectivity index (χ1) is 17.8. The Kier molecular flexibility index (Phi) is 6.87. The van der Waals surface area contributed by atoms with Crippen LogP contribution in [0.3, 0.4) is 0 Å². The zero-order valence-corrected chi connectivity index (χ0v) is 22.8. The molecule has 1 amide bonds. The van der Waals surface area contributed by atoms with Gasteiger partial charge < -0.3 is 13.9 Å². The number of aromatic nitrogens is 1. The minimum absolute atomic E-state index is 0.0467. The number of fused-ring (bicyclic) bond motifs is 2. The van der Waals surface area contributed by atoms with Gasteiger partial charge in [-0.15, -0.1) is 0 Å². The number of hydrogen-bond donors (Lipinski definition) is 0. The Morgan fingerprint density at radius 2 is 2.03 bits per heavy atom. The Morgan fingerprint density at radius 3 is 2.78 bits per heavy atom. The minimum atomic E-state index is -0.826. The summed E-state index contributed by atoms with van der Waals surface area (Å²) in [5.41, 5.74) is 1.31. The molecule has 3 heterocycles. The molecule has 37 heavy (non-hydrogen) atoms. The molecule has 0 spiro atoms. The van der Waals surface area contributed by atoms with E-state index in [2.05, 4.69) is 27.8 Å². The highest BCUT2D eigenvalue weighted by atomic mass is 79.9. The Balaban J connectivity index is 1.72. The first-order valence-corrected chi connectivity index (χ1v) is 13.3. The number of unbranched alkanes of at least 4 members (excludes halogenated alkanes) is 1. The predicted octanol–water partition coefficient (Wildman–Crippen LogP) is 6.04. The molecular formula is C27H23BrN2O6S. The first kappa shape index (κ1) is 25.2. The highest BCUT2D eigenvalue weighted by Gasteiger charge is 2.45. The lowest BCUT2D eigenvalue weighted by atomic mass is 9.98. The summed E-state index contributed by atoms with van der Waals surface area (Å²) in [6.07, 6.45) is 1.90. The van der Waals surface area contributed by atoms with Crippen molar-refractivity contribution in [1.82, 2.24) is 4.98 Å². The van der Waals surface area contributed by atoms with Crippen molar-refractivity contribution in [2.75, 3.05) is 18.6 Å². The van der Waals surface area contributed by atoms with Gasteiger partial charge in [-0.3, -0.25) is 14.5 Å². The van der Waals surface area contributed by atoms with Gasteiger partial charge in [-0.2, -0.15) is 0 Å². The maximum Gasteiger partial charge on any atom is 0.350 e. The lowest BCUT2D eigenvalue weighted by Crippen LogP contribution is -2.29. The number of hydrogen-bond acceptors (Lipinski definition) is 8. The monoisotopic (exact) mass is 582 g/mol. The number of halogens is 1. The molecule has 2 aromatic carbocycles. The summed E-state index contributed by atoms with van der Waals surface area (Å²) < 4.78 is 17.5. The fourth-order valence-electron chi connectivity index (χ4n) is 4.33. The third-order valence-electron chi connectivity index (χ3n) is 6.13. The van der Waals surface area contributed by atoms with Gasteiger partial charge in [-0.25, -0.2) is 9.78 Å². The van der Waals surface area contributed by atoms with E-state index in [0.717, 1.165) is 28.7 Å². The normalized spacial score (nSPS) is 14.8. The molecule has 4 aromatic rings. The van der Waals surface area contributed by atoms with E-state index < -0.39 is 17.9 Å². The van der Waals surface area contributed by atoms with Crippen molar-refractivity contribution in [3.63, 3.8) is 0 Å². The second-order valence-electron chi connectivity index (χ2n) is 8.57. The van der Waals surface area contributed by atoms with E-state index in [1.807, 2.05) is 24.3 Å². The van der Waals surface area contributed by atoms with Crippen molar-refractivity contribution in [3.05, 3.63) is 84.6 Å². The molecule has 1 atom stereocenters. The van der Waals surface area contributed by atoms with Gasteiger partial charge in [-0.1, -0.05) is 52.7 Å². The third kappa shape index (κ3) is 4.44. The number of benzene rings is 2. The number of anilines is 1. The van der Waals surface area contributed by atoms with Gasteiger partial charge in [0, 0.05) is 4.47 Å². The van der Waals surface area contributed by atoms with Crippen LogP contribution < -0.4 is 15.1 Å². The average Bonchev–Trinajstić information content (AvgIpc) is 3.41. The number of rotatable bonds is 7. The van der Waals surface area contributed by atoms with Crippen molar-refractivity contribution in [2.45, 2.75) is 32.7 Å². The highest BCUT2D eigenvalue weighted by molar-refractivity contribution is 9.10. The standard InChI is InChI=1S/C27H23BrN2O6S/c1-4-5-11-35-17-8-6-7-15(12-17)21-20-22(31)18-13-16(28)9-10-19(18)36-23(20)25(32)30(21)27-29-14(2)24(37-27)26(33)34-3/h6-10,12-13,21H,4-5,11H2,1-3H3. The second kappa shape index (κ2) is 10.1. The molecule has 0 fully saturated rings. The molecule has 1 unspecified atom stereocenters. The largest absolute Gasteiger partial charge is 0.494 e. The van der Waals surface area contributed by atoms with E-state index in [1.165, 1.54) is 12.0 Å². The molecule has 2 aromatic heterocycles. The molecule has 0 N–H and O–H groups in total. The molecule has 10 heteroatoms. The van der Waals surface area contributed by atoms with Crippen molar-refractivity contribution in [1.29, 1.82) is 0 Å². The molecule has 0 saturated heterocycles. The SMILES string of the molecule is CCCCOc1cccc(C2c3c(oc4ccc(Br)cc4c3=O)C(=O)N2c2nc(C)c(C(=O)OC)s2)c1. The zero-order chi connectivity index (χ0) is 26.3. The molecule has 8 nitrogen and oxygen atoms in total. The fourth-order valence-corrected chi connectivity index (χ4v) is 5.71. The van der Waals surface area contributed by atoms with Crippen LogP contribution in [0, 0.1) is 6.92 Å². The molecule has 1 aliphatic heterocycles.